The van der Waals surface area contributed by atoms with Crippen LogP contribution in [-0.4, -0.2) is 24.1 Å². The first-order valence-electron chi connectivity index (χ1n) is 7.77. The summed E-state index contributed by atoms with van der Waals surface area (Å²) in [6.07, 6.45) is 0. The second kappa shape index (κ2) is 8.19. The van der Waals surface area contributed by atoms with Gasteiger partial charge in [-0.05, 0) is 37.3 Å². The van der Waals surface area contributed by atoms with Crippen molar-refractivity contribution < 1.29 is 18.8 Å². The molecule has 0 spiro atoms. The molecule has 0 saturated heterocycles. The summed E-state index contributed by atoms with van der Waals surface area (Å²) in [5.74, 6) is -1.19. The molecule has 130 valence electrons. The van der Waals surface area contributed by atoms with Crippen LogP contribution in [0.4, 0.5) is 10.1 Å². The Kier molecular flexibility index (Phi) is 6.00. The molecule has 0 aliphatic rings. The van der Waals surface area contributed by atoms with Gasteiger partial charge in [-0.15, -0.1) is 0 Å². The van der Waals surface area contributed by atoms with E-state index in [2.05, 4.69) is 5.32 Å². The molecule has 25 heavy (non-hydrogen) atoms. The molecule has 0 fully saturated rings. The number of carbonyl (C=O) groups excluding carboxylic acids is 3. The van der Waals surface area contributed by atoms with E-state index in [1.807, 2.05) is 0 Å². The Morgan fingerprint density at radius 2 is 1.64 bits per heavy atom. The molecule has 0 saturated carbocycles. The summed E-state index contributed by atoms with van der Waals surface area (Å²) in [6, 6.07) is 12.6. The first-order chi connectivity index (χ1) is 11.9. The molecule has 2 rings (SSSR count). The zero-order chi connectivity index (χ0) is 18.4. The van der Waals surface area contributed by atoms with Crippen molar-refractivity contribution in [1.82, 2.24) is 5.32 Å². The Morgan fingerprint density at radius 1 is 1.00 bits per heavy atom. The minimum Gasteiger partial charge on any atom is -0.350 e. The van der Waals surface area contributed by atoms with Gasteiger partial charge in [0.1, 0.15) is 12.4 Å². The number of nitrogens with zero attached hydrogens (tertiary/aromatic N) is 1. The highest BCUT2D eigenvalue weighted by Crippen LogP contribution is 2.16. The van der Waals surface area contributed by atoms with Gasteiger partial charge >= 0.3 is 0 Å². The quantitative estimate of drug-likeness (QED) is 0.821. The predicted octanol–water partition coefficient (Wildman–Crippen LogP) is 2.70. The minimum atomic E-state index is -0.408. The SMILES string of the molecule is CC(=O)c1ccc(N(CC(=O)NCc2ccccc2F)C(C)=O)cc1. The number of amides is 2. The summed E-state index contributed by atoms with van der Waals surface area (Å²) in [5.41, 5.74) is 1.41. The van der Waals surface area contributed by atoms with E-state index in [4.69, 9.17) is 0 Å². The molecule has 2 amide bonds. The number of Topliss-reactive ketones (excluding diaryl/α,β-unsaturated/α-hetero) is 1. The number of halogens is 1. The van der Waals surface area contributed by atoms with E-state index in [1.165, 1.54) is 24.8 Å². The Bertz CT molecular complexity index is 788. The summed E-state index contributed by atoms with van der Waals surface area (Å²) in [5, 5.41) is 2.60. The molecule has 0 heterocycles. The highest BCUT2D eigenvalue weighted by Gasteiger charge is 2.16. The normalized spacial score (nSPS) is 10.2. The highest BCUT2D eigenvalue weighted by atomic mass is 19.1. The second-order valence-corrected chi connectivity index (χ2v) is 5.58. The van der Waals surface area contributed by atoms with Crippen molar-refractivity contribution >= 4 is 23.3 Å². The third-order valence-electron chi connectivity index (χ3n) is 3.70. The van der Waals surface area contributed by atoms with E-state index >= 15 is 0 Å². The molecular formula is C19H19FN2O3. The Hall–Kier alpha value is -3.02. The number of hydrogen-bond donors (Lipinski definition) is 1. The standard InChI is InChI=1S/C19H19FN2O3/c1-13(23)15-7-9-17(10-8-15)22(14(2)24)12-19(25)21-11-16-5-3-4-6-18(16)20/h3-10H,11-12H2,1-2H3,(H,21,25). The molecule has 0 aliphatic heterocycles. The van der Waals surface area contributed by atoms with Crippen LogP contribution in [0.1, 0.15) is 29.8 Å². The molecule has 5 nitrogen and oxygen atoms in total. The van der Waals surface area contributed by atoms with Gasteiger partial charge in [0, 0.05) is 30.3 Å². The van der Waals surface area contributed by atoms with Crippen LogP contribution in [0.25, 0.3) is 0 Å². The maximum absolute atomic E-state index is 13.6. The van der Waals surface area contributed by atoms with Crippen LogP contribution in [0.3, 0.4) is 0 Å². The van der Waals surface area contributed by atoms with Gasteiger partial charge in [-0.2, -0.15) is 0 Å². The molecule has 0 aromatic heterocycles. The third kappa shape index (κ3) is 4.97. The van der Waals surface area contributed by atoms with Gasteiger partial charge in [-0.3, -0.25) is 14.4 Å². The van der Waals surface area contributed by atoms with Gasteiger partial charge in [-0.1, -0.05) is 18.2 Å². The van der Waals surface area contributed by atoms with Gasteiger partial charge in [0.25, 0.3) is 0 Å². The van der Waals surface area contributed by atoms with Crippen molar-refractivity contribution in [3.05, 3.63) is 65.5 Å². The van der Waals surface area contributed by atoms with Crippen molar-refractivity contribution in [2.75, 3.05) is 11.4 Å². The van der Waals surface area contributed by atoms with Crippen molar-refractivity contribution in [3.63, 3.8) is 0 Å². The Balaban J connectivity index is 2.03. The van der Waals surface area contributed by atoms with Crippen molar-refractivity contribution in [2.24, 2.45) is 0 Å². The van der Waals surface area contributed by atoms with Gasteiger partial charge in [0.05, 0.1) is 0 Å². The monoisotopic (exact) mass is 342 g/mol. The van der Waals surface area contributed by atoms with E-state index < -0.39 is 11.7 Å². The summed E-state index contributed by atoms with van der Waals surface area (Å²) in [7, 11) is 0. The summed E-state index contributed by atoms with van der Waals surface area (Å²) in [4.78, 5) is 36.6. The zero-order valence-corrected chi connectivity index (χ0v) is 14.1. The fourth-order valence-corrected chi connectivity index (χ4v) is 2.30. The van der Waals surface area contributed by atoms with Gasteiger partial charge in [-0.25, -0.2) is 4.39 Å². The maximum atomic E-state index is 13.6. The van der Waals surface area contributed by atoms with Gasteiger partial charge in [0.15, 0.2) is 5.78 Å². The van der Waals surface area contributed by atoms with Gasteiger partial charge in [0.2, 0.25) is 11.8 Å². The number of rotatable bonds is 6. The Labute approximate surface area is 145 Å². The summed E-state index contributed by atoms with van der Waals surface area (Å²) in [6.45, 7) is 2.65. The fourth-order valence-electron chi connectivity index (χ4n) is 2.30. The molecule has 0 aliphatic carbocycles. The first-order valence-corrected chi connectivity index (χ1v) is 7.77. The van der Waals surface area contributed by atoms with Crippen molar-refractivity contribution in [1.29, 1.82) is 0 Å². The molecular weight excluding hydrogens is 323 g/mol. The average molecular weight is 342 g/mol. The zero-order valence-electron chi connectivity index (χ0n) is 14.1. The first kappa shape index (κ1) is 18.3. The molecule has 0 bridgehead atoms. The number of carbonyl (C=O) groups is 3. The fraction of sp³-hybridized carbons (Fsp3) is 0.211. The molecule has 6 heteroatoms. The minimum absolute atomic E-state index is 0.0422. The van der Waals surface area contributed by atoms with E-state index in [1.54, 1.807) is 42.5 Å². The predicted molar refractivity (Wildman–Crippen MR) is 92.7 cm³/mol. The van der Waals surface area contributed by atoms with Crippen molar-refractivity contribution in [3.8, 4) is 0 Å². The molecule has 2 aromatic rings. The lowest BCUT2D eigenvalue weighted by atomic mass is 10.1. The lowest BCUT2D eigenvalue weighted by molar-refractivity contribution is -0.123. The molecule has 2 aromatic carbocycles. The van der Waals surface area contributed by atoms with Crippen molar-refractivity contribution in [2.45, 2.75) is 20.4 Å². The van der Waals surface area contributed by atoms with Crippen LogP contribution >= 0.6 is 0 Å². The number of benzene rings is 2. The molecule has 0 unspecified atom stereocenters. The third-order valence-corrected chi connectivity index (χ3v) is 3.70. The molecule has 0 atom stereocenters. The highest BCUT2D eigenvalue weighted by molar-refractivity contribution is 5.98. The summed E-state index contributed by atoms with van der Waals surface area (Å²) >= 11 is 0. The average Bonchev–Trinajstić information content (AvgIpc) is 2.59. The van der Waals surface area contributed by atoms with Crippen LogP contribution in [-0.2, 0) is 16.1 Å². The van der Waals surface area contributed by atoms with E-state index in [0.717, 1.165) is 0 Å². The van der Waals surface area contributed by atoms with Gasteiger partial charge < -0.3 is 10.2 Å². The smallest absolute Gasteiger partial charge is 0.240 e. The van der Waals surface area contributed by atoms with Crippen LogP contribution in [0, 0.1) is 5.82 Å². The van der Waals surface area contributed by atoms with Crippen LogP contribution in [0.5, 0.6) is 0 Å². The Morgan fingerprint density at radius 3 is 2.20 bits per heavy atom. The number of nitrogens with one attached hydrogen (secondary N) is 1. The van der Waals surface area contributed by atoms with E-state index in [0.29, 0.717) is 16.8 Å². The summed E-state index contributed by atoms with van der Waals surface area (Å²) < 4.78 is 13.6. The van der Waals surface area contributed by atoms with Crippen LogP contribution in [0.15, 0.2) is 48.5 Å². The lowest BCUT2D eigenvalue weighted by Crippen LogP contribution is -2.39. The molecule has 1 N–H and O–H groups in total. The topological polar surface area (TPSA) is 66.5 Å². The maximum Gasteiger partial charge on any atom is 0.240 e. The molecule has 0 radical (unpaired) electrons. The van der Waals surface area contributed by atoms with E-state index in [9.17, 15) is 18.8 Å². The largest absolute Gasteiger partial charge is 0.350 e. The van der Waals surface area contributed by atoms with Crippen LogP contribution < -0.4 is 10.2 Å². The number of anilines is 1. The van der Waals surface area contributed by atoms with Crippen LogP contribution in [0.2, 0.25) is 0 Å². The van der Waals surface area contributed by atoms with E-state index in [-0.39, 0.29) is 24.8 Å². The lowest BCUT2D eigenvalue weighted by Gasteiger charge is -2.21. The number of ketones is 1. The second-order valence-electron chi connectivity index (χ2n) is 5.58. The number of hydrogen-bond acceptors (Lipinski definition) is 3.